The van der Waals surface area contributed by atoms with Gasteiger partial charge in [-0.05, 0) is 39.3 Å². The van der Waals surface area contributed by atoms with Crippen LogP contribution < -0.4 is 0 Å². The van der Waals surface area contributed by atoms with Crippen molar-refractivity contribution in [2.24, 2.45) is 0 Å². The van der Waals surface area contributed by atoms with Gasteiger partial charge >= 0.3 is 0 Å². The maximum Gasteiger partial charge on any atom is 0.178 e. The van der Waals surface area contributed by atoms with Crippen LogP contribution in [0.25, 0.3) is 0 Å². The lowest BCUT2D eigenvalue weighted by Gasteiger charge is -2.12. The van der Waals surface area contributed by atoms with E-state index in [2.05, 4.69) is 47.5 Å². The van der Waals surface area contributed by atoms with Gasteiger partial charge in [0.05, 0.1) is 6.54 Å². The van der Waals surface area contributed by atoms with Crippen molar-refractivity contribution in [2.75, 3.05) is 13.1 Å². The zero-order chi connectivity index (χ0) is 10.8. The molecule has 0 saturated heterocycles. The number of nitrogens with zero attached hydrogens (tertiary/aromatic N) is 1. The van der Waals surface area contributed by atoms with Crippen LogP contribution in [-0.2, 0) is 6.42 Å². The van der Waals surface area contributed by atoms with Crippen molar-refractivity contribution in [3.05, 3.63) is 33.8 Å². The van der Waals surface area contributed by atoms with Gasteiger partial charge in [0.2, 0.25) is 0 Å². The van der Waals surface area contributed by atoms with Crippen molar-refractivity contribution in [1.29, 1.82) is 0 Å². The van der Waals surface area contributed by atoms with Crippen molar-refractivity contribution in [2.45, 2.75) is 6.42 Å². The number of fused-ring (bicyclic) bond motifs is 1. The Kier molecular flexibility index (Phi) is 4.09. The van der Waals surface area contributed by atoms with Crippen LogP contribution in [0, 0.1) is 0 Å². The van der Waals surface area contributed by atoms with Gasteiger partial charge in [-0.1, -0.05) is 15.9 Å². The third-order valence-electron chi connectivity index (χ3n) is 2.42. The van der Waals surface area contributed by atoms with E-state index in [0.717, 1.165) is 28.6 Å². The van der Waals surface area contributed by atoms with Gasteiger partial charge in [0.15, 0.2) is 5.78 Å². The largest absolute Gasteiger partial charge is 0.293 e. The molecule has 1 heterocycles. The van der Waals surface area contributed by atoms with Gasteiger partial charge in [-0.2, -0.15) is 0 Å². The molecule has 0 atom stereocenters. The molecule has 0 spiro atoms. The summed E-state index contributed by atoms with van der Waals surface area (Å²) in [5.41, 5.74) is 2.04. The van der Waals surface area contributed by atoms with Gasteiger partial charge in [-0.3, -0.25) is 4.79 Å². The summed E-state index contributed by atoms with van der Waals surface area (Å²) in [6.45, 7) is 1.45. The number of hydrogen-bond acceptors (Lipinski definition) is 3. The fraction of sp³-hybridized carbons (Fsp3) is 0.300. The molecule has 2 nitrogen and oxygen atoms in total. The third-order valence-corrected chi connectivity index (χ3v) is 5.09. The van der Waals surface area contributed by atoms with Crippen molar-refractivity contribution in [3.63, 3.8) is 0 Å². The second-order valence-electron chi connectivity index (χ2n) is 3.41. The fourth-order valence-electron chi connectivity index (χ4n) is 1.67. The van der Waals surface area contributed by atoms with E-state index in [1.54, 1.807) is 9.12 Å². The van der Waals surface area contributed by atoms with Crippen molar-refractivity contribution >= 4 is 52.0 Å². The molecular formula is C10H9BrINOS. The van der Waals surface area contributed by atoms with E-state index in [4.69, 9.17) is 0 Å². The molecule has 0 aromatic heterocycles. The van der Waals surface area contributed by atoms with E-state index in [1.165, 1.54) is 0 Å². The molecule has 0 bridgehead atoms. The SMILES string of the molecule is O=C1CN(SI)CCc2cc(Br)ccc21. The van der Waals surface area contributed by atoms with Crippen LogP contribution >= 0.6 is 46.3 Å². The Bertz CT molecular complexity index is 399. The van der Waals surface area contributed by atoms with Gasteiger partial charge in [0.25, 0.3) is 0 Å². The minimum atomic E-state index is 0.221. The van der Waals surface area contributed by atoms with E-state index in [9.17, 15) is 4.79 Å². The van der Waals surface area contributed by atoms with Crippen LogP contribution in [0.1, 0.15) is 15.9 Å². The highest BCUT2D eigenvalue weighted by Gasteiger charge is 2.20. The highest BCUT2D eigenvalue weighted by Crippen LogP contribution is 2.25. The Morgan fingerprint density at radius 1 is 1.47 bits per heavy atom. The van der Waals surface area contributed by atoms with Crippen molar-refractivity contribution in [3.8, 4) is 0 Å². The zero-order valence-electron chi connectivity index (χ0n) is 7.87. The number of hydrogen-bond donors (Lipinski definition) is 0. The number of rotatable bonds is 1. The van der Waals surface area contributed by atoms with Gasteiger partial charge < -0.3 is 0 Å². The topological polar surface area (TPSA) is 20.3 Å². The summed E-state index contributed by atoms with van der Waals surface area (Å²) in [5, 5.41) is 0. The Hall–Kier alpha value is 0.410. The van der Waals surface area contributed by atoms with E-state index in [1.807, 2.05) is 12.1 Å². The molecule has 0 aliphatic carbocycles. The molecule has 0 N–H and O–H groups in total. The normalized spacial score (nSPS) is 17.3. The van der Waals surface area contributed by atoms with E-state index in [0.29, 0.717) is 6.54 Å². The lowest BCUT2D eigenvalue weighted by atomic mass is 10.0. The van der Waals surface area contributed by atoms with Gasteiger partial charge in [0.1, 0.15) is 0 Å². The monoisotopic (exact) mass is 397 g/mol. The maximum atomic E-state index is 11.9. The van der Waals surface area contributed by atoms with Gasteiger partial charge in [0, 0.05) is 37.8 Å². The maximum absolute atomic E-state index is 11.9. The number of carbonyl (C=O) groups excluding carboxylic acids is 1. The molecule has 1 aromatic rings. The second-order valence-corrected chi connectivity index (χ2v) is 6.16. The molecule has 2 rings (SSSR count). The number of Topliss-reactive ketones (excluding diaryl/α,β-unsaturated/α-hetero) is 1. The molecule has 5 heteroatoms. The van der Waals surface area contributed by atoms with Crippen LogP contribution in [0.15, 0.2) is 22.7 Å². The molecule has 1 aromatic carbocycles. The zero-order valence-corrected chi connectivity index (χ0v) is 12.4. The predicted octanol–water partition coefficient (Wildman–Crippen LogP) is 3.49. The number of halogens is 2. The molecule has 0 saturated carbocycles. The Morgan fingerprint density at radius 3 is 3.00 bits per heavy atom. The first kappa shape index (κ1) is 11.9. The number of carbonyl (C=O) groups is 1. The number of ketones is 1. The minimum absolute atomic E-state index is 0.221. The molecule has 1 aliphatic heterocycles. The molecule has 0 fully saturated rings. The molecule has 80 valence electrons. The second kappa shape index (κ2) is 5.16. The Labute approximate surface area is 114 Å². The van der Waals surface area contributed by atoms with Crippen LogP contribution in [0.3, 0.4) is 0 Å². The smallest absolute Gasteiger partial charge is 0.178 e. The minimum Gasteiger partial charge on any atom is -0.293 e. The number of benzene rings is 1. The first-order valence-corrected chi connectivity index (χ1v) is 8.67. The van der Waals surface area contributed by atoms with Crippen LogP contribution in [0.2, 0.25) is 0 Å². The summed E-state index contributed by atoms with van der Waals surface area (Å²) in [6.07, 6.45) is 0.941. The first-order valence-electron chi connectivity index (χ1n) is 4.56. The van der Waals surface area contributed by atoms with Gasteiger partial charge in [-0.15, -0.1) is 0 Å². The Morgan fingerprint density at radius 2 is 2.27 bits per heavy atom. The highest BCUT2D eigenvalue weighted by atomic mass is 127. The summed E-state index contributed by atoms with van der Waals surface area (Å²) >= 11 is 5.66. The predicted molar refractivity (Wildman–Crippen MR) is 75.4 cm³/mol. The molecule has 1 aliphatic rings. The first-order chi connectivity index (χ1) is 7.20. The summed E-state index contributed by atoms with van der Waals surface area (Å²) in [4.78, 5) is 11.9. The van der Waals surface area contributed by atoms with Crippen molar-refractivity contribution in [1.82, 2.24) is 4.31 Å². The third kappa shape index (κ3) is 2.75. The molecular weight excluding hydrogens is 389 g/mol. The quantitative estimate of drug-likeness (QED) is 0.534. The summed E-state index contributed by atoms with van der Waals surface area (Å²) in [6, 6.07) is 5.90. The average molecular weight is 398 g/mol. The van der Waals surface area contributed by atoms with Gasteiger partial charge in [-0.25, -0.2) is 4.31 Å². The molecule has 15 heavy (non-hydrogen) atoms. The van der Waals surface area contributed by atoms with Crippen LogP contribution in [0.4, 0.5) is 0 Å². The van der Waals surface area contributed by atoms with Crippen LogP contribution in [-0.4, -0.2) is 23.2 Å². The van der Waals surface area contributed by atoms with Crippen molar-refractivity contribution < 1.29 is 4.79 Å². The molecule has 0 radical (unpaired) electrons. The van der Waals surface area contributed by atoms with E-state index < -0.39 is 0 Å². The fourth-order valence-corrected chi connectivity index (χ4v) is 3.41. The lowest BCUT2D eigenvalue weighted by Crippen LogP contribution is -2.21. The van der Waals surface area contributed by atoms with E-state index >= 15 is 0 Å². The molecule has 0 amide bonds. The van der Waals surface area contributed by atoms with Crippen LogP contribution in [0.5, 0.6) is 0 Å². The summed E-state index contributed by atoms with van der Waals surface area (Å²) < 4.78 is 3.14. The average Bonchev–Trinajstić information content (AvgIpc) is 2.38. The summed E-state index contributed by atoms with van der Waals surface area (Å²) in [7, 11) is 1.61. The summed E-state index contributed by atoms with van der Waals surface area (Å²) in [5.74, 6) is 0.221. The molecule has 0 unspecified atom stereocenters. The highest BCUT2D eigenvalue weighted by molar-refractivity contribution is 14.2. The lowest BCUT2D eigenvalue weighted by molar-refractivity contribution is 0.0975. The standard InChI is InChI=1S/C10H9BrINOS/c11-8-1-2-9-7(5-8)3-4-13(15-12)6-10(9)14/h1-2,5H,3-4,6H2. The van der Waals surface area contributed by atoms with E-state index in [-0.39, 0.29) is 5.78 Å². The Balaban J connectivity index is 2.35.